The smallest absolute Gasteiger partial charge is 0.263 e. The van der Waals surface area contributed by atoms with E-state index >= 15 is 0 Å². The lowest BCUT2D eigenvalue weighted by Gasteiger charge is -2.30. The summed E-state index contributed by atoms with van der Waals surface area (Å²) in [6, 6.07) is 7.04. The van der Waals surface area contributed by atoms with Gasteiger partial charge in [0.1, 0.15) is 5.75 Å². The molecule has 1 aromatic rings. The predicted molar refractivity (Wildman–Crippen MR) is 93.3 cm³/mol. The number of benzene rings is 1. The van der Waals surface area contributed by atoms with E-state index in [0.29, 0.717) is 18.7 Å². The minimum absolute atomic E-state index is 0.0593. The molecule has 1 heterocycles. The van der Waals surface area contributed by atoms with Crippen molar-refractivity contribution in [3.05, 3.63) is 28.7 Å². The minimum Gasteiger partial charge on any atom is -0.481 e. The first-order chi connectivity index (χ1) is 10.8. The molecule has 1 aliphatic rings. The number of halogens is 1. The second kappa shape index (κ2) is 7.66. The maximum absolute atomic E-state index is 12.7. The second-order valence-corrected chi connectivity index (χ2v) is 8.95. The van der Waals surface area contributed by atoms with Gasteiger partial charge in [0.05, 0.1) is 11.5 Å². The van der Waals surface area contributed by atoms with Gasteiger partial charge in [-0.15, -0.1) is 0 Å². The van der Waals surface area contributed by atoms with Crippen molar-refractivity contribution in [3.63, 3.8) is 0 Å². The van der Waals surface area contributed by atoms with Crippen LogP contribution in [0.3, 0.4) is 0 Å². The van der Waals surface area contributed by atoms with Crippen molar-refractivity contribution in [1.82, 2.24) is 4.90 Å². The van der Waals surface area contributed by atoms with Crippen LogP contribution >= 0.6 is 15.9 Å². The molecule has 2 unspecified atom stereocenters. The van der Waals surface area contributed by atoms with E-state index in [1.54, 1.807) is 24.0 Å². The maximum Gasteiger partial charge on any atom is 0.263 e. The van der Waals surface area contributed by atoms with Crippen LogP contribution in [0.4, 0.5) is 0 Å². The summed E-state index contributed by atoms with van der Waals surface area (Å²) in [6.07, 6.45) is 0.651. The standard InChI is InChI=1S/C16H22BrNO4S/c1-3-9-18(14-8-10-23(20,21)11-14)16(19)12(2)22-15-6-4-13(17)5-7-15/h4-7,12,14H,3,8-11H2,1-2H3. The molecule has 128 valence electrons. The van der Waals surface area contributed by atoms with Crippen molar-refractivity contribution in [2.75, 3.05) is 18.1 Å². The Kier molecular flexibility index (Phi) is 6.08. The van der Waals surface area contributed by atoms with Crippen molar-refractivity contribution < 1.29 is 17.9 Å². The van der Waals surface area contributed by atoms with Crippen LogP contribution in [0, 0.1) is 0 Å². The molecule has 7 heteroatoms. The summed E-state index contributed by atoms with van der Waals surface area (Å²) >= 11 is 3.35. The van der Waals surface area contributed by atoms with Gasteiger partial charge in [0.2, 0.25) is 0 Å². The lowest BCUT2D eigenvalue weighted by Crippen LogP contribution is -2.47. The molecule has 1 saturated heterocycles. The minimum atomic E-state index is -3.02. The van der Waals surface area contributed by atoms with Crippen molar-refractivity contribution in [2.24, 2.45) is 0 Å². The predicted octanol–water partition coefficient (Wildman–Crippen LogP) is 2.64. The van der Waals surface area contributed by atoms with E-state index in [4.69, 9.17) is 4.74 Å². The third-order valence-corrected chi connectivity index (χ3v) is 6.15. The van der Waals surface area contributed by atoms with Gasteiger partial charge in [-0.2, -0.15) is 0 Å². The fraction of sp³-hybridized carbons (Fsp3) is 0.562. The quantitative estimate of drug-likeness (QED) is 0.732. The van der Waals surface area contributed by atoms with Crippen molar-refractivity contribution >= 4 is 31.7 Å². The number of carbonyl (C=O) groups excluding carboxylic acids is 1. The van der Waals surface area contributed by atoms with Crippen LogP contribution in [0.25, 0.3) is 0 Å². The van der Waals surface area contributed by atoms with Gasteiger partial charge in [-0.3, -0.25) is 4.79 Å². The lowest BCUT2D eigenvalue weighted by atomic mass is 10.2. The largest absolute Gasteiger partial charge is 0.481 e. The fourth-order valence-electron chi connectivity index (χ4n) is 2.74. The van der Waals surface area contributed by atoms with Crippen LogP contribution in [-0.2, 0) is 14.6 Å². The summed E-state index contributed by atoms with van der Waals surface area (Å²) in [4.78, 5) is 14.4. The number of amides is 1. The van der Waals surface area contributed by atoms with E-state index in [1.807, 2.05) is 19.1 Å². The third-order valence-electron chi connectivity index (χ3n) is 3.87. The Bertz CT molecular complexity index is 645. The molecule has 1 fully saturated rings. The Hall–Kier alpha value is -1.08. The summed E-state index contributed by atoms with van der Waals surface area (Å²) in [6.45, 7) is 4.23. The SMILES string of the molecule is CCCN(C(=O)C(C)Oc1ccc(Br)cc1)C1CCS(=O)(=O)C1. The molecule has 0 aromatic heterocycles. The number of nitrogens with zero attached hydrogens (tertiary/aromatic N) is 1. The summed E-state index contributed by atoms with van der Waals surface area (Å²) in [7, 11) is -3.02. The van der Waals surface area contributed by atoms with E-state index in [1.165, 1.54) is 0 Å². The molecule has 2 rings (SSSR count). The number of hydrogen-bond acceptors (Lipinski definition) is 4. The molecule has 1 amide bonds. The molecule has 0 saturated carbocycles. The second-order valence-electron chi connectivity index (χ2n) is 5.80. The Balaban J connectivity index is 2.06. The highest BCUT2D eigenvalue weighted by Gasteiger charge is 2.36. The maximum atomic E-state index is 12.7. The molecule has 0 aliphatic carbocycles. The van der Waals surface area contributed by atoms with Gasteiger partial charge in [-0.05, 0) is 44.0 Å². The number of sulfone groups is 1. The summed E-state index contributed by atoms with van der Waals surface area (Å²) in [5.41, 5.74) is 0. The highest BCUT2D eigenvalue weighted by molar-refractivity contribution is 9.10. The molecule has 1 aliphatic heterocycles. The van der Waals surface area contributed by atoms with Crippen LogP contribution < -0.4 is 4.74 Å². The van der Waals surface area contributed by atoms with Gasteiger partial charge >= 0.3 is 0 Å². The van der Waals surface area contributed by atoms with Gasteiger partial charge < -0.3 is 9.64 Å². The summed E-state index contributed by atoms with van der Waals surface area (Å²) in [5, 5.41) is 0. The number of carbonyl (C=O) groups is 1. The number of ether oxygens (including phenoxy) is 1. The molecular formula is C16H22BrNO4S. The third kappa shape index (κ3) is 4.94. The average molecular weight is 404 g/mol. The Morgan fingerprint density at radius 3 is 2.57 bits per heavy atom. The fourth-order valence-corrected chi connectivity index (χ4v) is 4.73. The molecule has 23 heavy (non-hydrogen) atoms. The van der Waals surface area contributed by atoms with Crippen LogP contribution in [0.5, 0.6) is 5.75 Å². The monoisotopic (exact) mass is 403 g/mol. The zero-order valence-electron chi connectivity index (χ0n) is 13.4. The van der Waals surface area contributed by atoms with Crippen LogP contribution in [0.1, 0.15) is 26.7 Å². The molecule has 0 bridgehead atoms. The van der Waals surface area contributed by atoms with E-state index in [2.05, 4.69) is 15.9 Å². The topological polar surface area (TPSA) is 63.7 Å². The first-order valence-electron chi connectivity index (χ1n) is 7.75. The molecule has 0 N–H and O–H groups in total. The highest BCUT2D eigenvalue weighted by atomic mass is 79.9. The van der Waals surface area contributed by atoms with Crippen molar-refractivity contribution in [2.45, 2.75) is 38.8 Å². The normalized spacial score (nSPS) is 20.9. The molecule has 5 nitrogen and oxygen atoms in total. The molecule has 1 aromatic carbocycles. The zero-order chi connectivity index (χ0) is 17.0. The first kappa shape index (κ1) is 18.3. The van der Waals surface area contributed by atoms with Crippen molar-refractivity contribution in [3.8, 4) is 5.75 Å². The van der Waals surface area contributed by atoms with E-state index in [0.717, 1.165) is 10.9 Å². The van der Waals surface area contributed by atoms with E-state index < -0.39 is 15.9 Å². The summed E-state index contributed by atoms with van der Waals surface area (Å²) in [5.74, 6) is 0.679. The van der Waals surface area contributed by atoms with Gasteiger partial charge in [0.15, 0.2) is 15.9 Å². The Morgan fingerprint density at radius 2 is 2.04 bits per heavy atom. The van der Waals surface area contributed by atoms with Crippen LogP contribution in [-0.4, -0.2) is 49.4 Å². The van der Waals surface area contributed by atoms with Gasteiger partial charge in [0.25, 0.3) is 5.91 Å². The number of hydrogen-bond donors (Lipinski definition) is 0. The summed E-state index contributed by atoms with van der Waals surface area (Å²) < 4.78 is 30.0. The van der Waals surface area contributed by atoms with E-state index in [9.17, 15) is 13.2 Å². The lowest BCUT2D eigenvalue weighted by molar-refractivity contribution is -0.139. The van der Waals surface area contributed by atoms with E-state index in [-0.39, 0.29) is 23.5 Å². The van der Waals surface area contributed by atoms with Crippen molar-refractivity contribution in [1.29, 1.82) is 0 Å². The molecular weight excluding hydrogens is 382 g/mol. The van der Waals surface area contributed by atoms with Gasteiger partial charge in [-0.25, -0.2) is 8.42 Å². The van der Waals surface area contributed by atoms with Gasteiger partial charge in [-0.1, -0.05) is 22.9 Å². The first-order valence-corrected chi connectivity index (χ1v) is 10.4. The molecule has 2 atom stereocenters. The highest BCUT2D eigenvalue weighted by Crippen LogP contribution is 2.21. The number of rotatable bonds is 6. The average Bonchev–Trinajstić information content (AvgIpc) is 2.86. The molecule has 0 radical (unpaired) electrons. The Morgan fingerprint density at radius 1 is 1.39 bits per heavy atom. The zero-order valence-corrected chi connectivity index (χ0v) is 15.8. The Labute approximate surface area is 146 Å². The molecule has 0 spiro atoms. The van der Waals surface area contributed by atoms with Gasteiger partial charge in [0, 0.05) is 17.1 Å². The van der Waals surface area contributed by atoms with Crippen LogP contribution in [0.15, 0.2) is 28.7 Å². The van der Waals surface area contributed by atoms with Crippen LogP contribution in [0.2, 0.25) is 0 Å².